The maximum Gasteiger partial charge on any atom is 0.361 e. The highest BCUT2D eigenvalue weighted by Gasteiger charge is 2.18. The summed E-state index contributed by atoms with van der Waals surface area (Å²) in [5.41, 5.74) is 4.06. The molecule has 0 radical (unpaired) electrons. The molecule has 0 aromatic heterocycles. The number of hydrogen-bond acceptors (Lipinski definition) is 3. The second kappa shape index (κ2) is 8.07. The third kappa shape index (κ3) is 5.48. The van der Waals surface area contributed by atoms with Crippen molar-refractivity contribution < 1.29 is 13.6 Å². The second-order valence-electron chi connectivity index (χ2n) is 3.56. The van der Waals surface area contributed by atoms with Gasteiger partial charge in [0.15, 0.2) is 0 Å². The van der Waals surface area contributed by atoms with Crippen LogP contribution in [0.3, 0.4) is 0 Å². The van der Waals surface area contributed by atoms with E-state index in [0.29, 0.717) is 13.2 Å². The summed E-state index contributed by atoms with van der Waals surface area (Å²) in [6.45, 7) is 4.28. The highest BCUT2D eigenvalue weighted by molar-refractivity contribution is 7.57. The van der Waals surface area contributed by atoms with Crippen molar-refractivity contribution in [3.63, 3.8) is 0 Å². The Morgan fingerprint density at radius 1 is 1.17 bits per heavy atom. The van der Waals surface area contributed by atoms with Gasteiger partial charge in [0, 0.05) is 0 Å². The van der Waals surface area contributed by atoms with Gasteiger partial charge in [0.1, 0.15) is 0 Å². The van der Waals surface area contributed by atoms with E-state index >= 15 is 0 Å². The zero-order chi connectivity index (χ0) is 13.3. The van der Waals surface area contributed by atoms with Crippen LogP contribution < -0.4 is 0 Å². The van der Waals surface area contributed by atoms with Gasteiger partial charge < -0.3 is 9.05 Å². The van der Waals surface area contributed by atoms with Crippen LogP contribution in [0.25, 0.3) is 0 Å². The molecule has 3 nitrogen and oxygen atoms in total. The van der Waals surface area contributed by atoms with E-state index in [1.165, 1.54) is 11.4 Å². The zero-order valence-electron chi connectivity index (χ0n) is 10.8. The van der Waals surface area contributed by atoms with E-state index in [-0.39, 0.29) is 0 Å². The third-order valence-corrected chi connectivity index (χ3v) is 3.85. The zero-order valence-corrected chi connectivity index (χ0v) is 11.7. The maximum atomic E-state index is 12.0. The molecule has 4 heteroatoms. The van der Waals surface area contributed by atoms with Crippen molar-refractivity contribution in [1.29, 1.82) is 0 Å². The maximum absolute atomic E-state index is 12.0. The Kier molecular flexibility index (Phi) is 6.70. The predicted molar refractivity (Wildman–Crippen MR) is 73.7 cm³/mol. The van der Waals surface area contributed by atoms with Crippen molar-refractivity contribution in [2.24, 2.45) is 0 Å². The van der Waals surface area contributed by atoms with Crippen LogP contribution >= 0.6 is 7.60 Å². The molecule has 0 fully saturated rings. The molecule has 1 aromatic carbocycles. The van der Waals surface area contributed by atoms with Gasteiger partial charge >= 0.3 is 7.60 Å². The van der Waals surface area contributed by atoms with Crippen LogP contribution in [-0.2, 0) is 20.0 Å². The Morgan fingerprint density at radius 3 is 2.33 bits per heavy atom. The Hall–Kier alpha value is -1.11. The first kappa shape index (κ1) is 14.9. The van der Waals surface area contributed by atoms with E-state index < -0.39 is 7.60 Å². The molecule has 0 aliphatic carbocycles. The molecule has 0 bridgehead atoms. The van der Waals surface area contributed by atoms with Crippen LogP contribution in [0.4, 0.5) is 0 Å². The quantitative estimate of drug-likeness (QED) is 0.549. The lowest BCUT2D eigenvalue weighted by Crippen LogP contribution is -1.92. The molecule has 0 amide bonds. The minimum absolute atomic E-state index is 0.355. The monoisotopic (exact) mass is 266 g/mol. The van der Waals surface area contributed by atoms with E-state index in [9.17, 15) is 4.57 Å². The first-order chi connectivity index (χ1) is 8.70. The Bertz CT molecular complexity index is 437. The van der Waals surface area contributed by atoms with E-state index in [4.69, 9.17) is 9.05 Å². The fraction of sp³-hybridized carbons (Fsp3) is 0.357. The summed E-state index contributed by atoms with van der Waals surface area (Å²) in [7, 11) is -3.11. The first-order valence-corrected chi connectivity index (χ1v) is 7.66. The van der Waals surface area contributed by atoms with Crippen LogP contribution in [0, 0.1) is 0 Å². The Balaban J connectivity index is 2.63. The number of hydrogen-bond donors (Lipinski definition) is 0. The first-order valence-electron chi connectivity index (χ1n) is 6.05. The molecule has 0 unspecified atom stereocenters. The lowest BCUT2D eigenvalue weighted by atomic mass is 10.1. The summed E-state index contributed by atoms with van der Waals surface area (Å²) < 4.78 is 22.3. The summed E-state index contributed by atoms with van der Waals surface area (Å²) in [4.78, 5) is 0. The highest BCUT2D eigenvalue weighted by atomic mass is 31.2. The van der Waals surface area contributed by atoms with Crippen LogP contribution in [-0.4, -0.2) is 13.2 Å². The van der Waals surface area contributed by atoms with Crippen LogP contribution in [0.2, 0.25) is 0 Å². The molecule has 0 spiro atoms. The average molecular weight is 266 g/mol. The van der Waals surface area contributed by atoms with Crippen LogP contribution in [0.15, 0.2) is 48.0 Å². The van der Waals surface area contributed by atoms with Crippen molar-refractivity contribution in [3.8, 4) is 0 Å². The average Bonchev–Trinajstić information content (AvgIpc) is 2.37. The van der Waals surface area contributed by atoms with Gasteiger partial charge in [0.25, 0.3) is 0 Å². The van der Waals surface area contributed by atoms with Crippen molar-refractivity contribution in [3.05, 3.63) is 53.5 Å². The molecule has 0 saturated heterocycles. The fourth-order valence-electron chi connectivity index (χ4n) is 1.41. The molecule has 0 heterocycles. The summed E-state index contributed by atoms with van der Waals surface area (Å²) in [5.74, 6) is 1.39. The van der Waals surface area contributed by atoms with E-state index in [1.54, 1.807) is 13.8 Å². The van der Waals surface area contributed by atoms with E-state index in [2.05, 4.69) is 5.73 Å². The van der Waals surface area contributed by atoms with Gasteiger partial charge in [-0.25, -0.2) is 0 Å². The third-order valence-electron chi connectivity index (χ3n) is 2.15. The van der Waals surface area contributed by atoms with Crippen LogP contribution in [0.1, 0.15) is 19.4 Å². The van der Waals surface area contributed by atoms with E-state index in [0.717, 1.165) is 6.42 Å². The summed E-state index contributed by atoms with van der Waals surface area (Å²) in [6, 6.07) is 10.0. The smallest absolute Gasteiger partial charge is 0.305 e. The molecule has 1 rings (SSSR count). The van der Waals surface area contributed by atoms with Gasteiger partial charge in [0.05, 0.1) is 19.0 Å². The summed E-state index contributed by atoms with van der Waals surface area (Å²) >= 11 is 0. The van der Waals surface area contributed by atoms with Gasteiger partial charge in [-0.3, -0.25) is 4.57 Å². The normalized spacial score (nSPS) is 10.8. The van der Waals surface area contributed by atoms with Crippen molar-refractivity contribution >= 4 is 7.60 Å². The molecular weight excluding hydrogens is 247 g/mol. The summed E-state index contributed by atoms with van der Waals surface area (Å²) in [5, 5.41) is 0. The number of allylic oxidation sites excluding steroid dienone is 1. The van der Waals surface area contributed by atoms with Crippen molar-refractivity contribution in [2.75, 3.05) is 13.2 Å². The minimum atomic E-state index is -3.11. The molecule has 98 valence electrons. The molecule has 0 atom stereocenters. The van der Waals surface area contributed by atoms with Gasteiger partial charge in [-0.05, 0) is 31.9 Å². The summed E-state index contributed by atoms with van der Waals surface area (Å²) in [6.07, 6.45) is 2.57. The lowest BCUT2D eigenvalue weighted by Gasteiger charge is -2.10. The largest absolute Gasteiger partial charge is 0.361 e. The Labute approximate surface area is 109 Å². The standard InChI is InChI=1S/C14H19O3P/c1-3-16-18(15,17-4-2)13-9-8-12-14-10-6-5-7-11-14/h5-8,10-11,13H,3-4,12H2,1-2H3. The van der Waals surface area contributed by atoms with Crippen LogP contribution in [0.5, 0.6) is 0 Å². The molecule has 0 aliphatic heterocycles. The molecule has 0 saturated carbocycles. The molecule has 0 aliphatic rings. The fourth-order valence-corrected chi connectivity index (χ4v) is 2.64. The molecular formula is C14H19O3P. The lowest BCUT2D eigenvalue weighted by molar-refractivity contribution is 0.229. The predicted octanol–water partition coefficient (Wildman–Crippen LogP) is 4.16. The van der Waals surface area contributed by atoms with Gasteiger partial charge in [-0.2, -0.15) is 0 Å². The SMILES string of the molecule is CCOP(=O)(C=C=CCc1ccccc1)OCC. The number of rotatable bonds is 7. The molecule has 1 aromatic rings. The Morgan fingerprint density at radius 2 is 1.78 bits per heavy atom. The highest BCUT2D eigenvalue weighted by Crippen LogP contribution is 2.49. The van der Waals surface area contributed by atoms with Gasteiger partial charge in [-0.1, -0.05) is 30.3 Å². The minimum Gasteiger partial charge on any atom is -0.305 e. The van der Waals surface area contributed by atoms with Gasteiger partial charge in [-0.15, -0.1) is 5.73 Å². The van der Waals surface area contributed by atoms with Crippen molar-refractivity contribution in [2.45, 2.75) is 20.3 Å². The van der Waals surface area contributed by atoms with Gasteiger partial charge in [0.2, 0.25) is 0 Å². The molecule has 18 heavy (non-hydrogen) atoms. The van der Waals surface area contributed by atoms with Crippen molar-refractivity contribution in [1.82, 2.24) is 0 Å². The topological polar surface area (TPSA) is 35.5 Å². The molecule has 0 N–H and O–H groups in total. The van der Waals surface area contributed by atoms with E-state index in [1.807, 2.05) is 36.4 Å². The second-order valence-corrected chi connectivity index (χ2v) is 5.42. The number of benzene rings is 1.